The topological polar surface area (TPSA) is 200 Å². The number of carbonyl (C=O) groups excluding carboxylic acids is 5. The lowest BCUT2D eigenvalue weighted by atomic mass is 9.85. The van der Waals surface area contributed by atoms with Crippen LogP contribution in [0.3, 0.4) is 0 Å². The smallest absolute Gasteiger partial charge is 0.291 e. The van der Waals surface area contributed by atoms with Crippen molar-refractivity contribution in [2.45, 2.75) is 101 Å². The molecule has 7 rings (SSSR count). The first-order chi connectivity index (χ1) is 32.1. The van der Waals surface area contributed by atoms with Crippen molar-refractivity contribution in [3.8, 4) is 22.8 Å². The second-order valence-corrected chi connectivity index (χ2v) is 17.3. The second-order valence-electron chi connectivity index (χ2n) is 17.3. The number of carbonyl (C=O) groups is 5. The van der Waals surface area contributed by atoms with Crippen molar-refractivity contribution in [1.82, 2.24) is 25.8 Å². The molecule has 0 unspecified atom stereocenters. The van der Waals surface area contributed by atoms with Crippen molar-refractivity contribution >= 4 is 35.2 Å². The number of furan rings is 1. The molecule has 0 spiro atoms. The zero-order valence-corrected chi connectivity index (χ0v) is 38.1. The average molecular weight is 907 g/mol. The fraction of sp³-hybridized carbons (Fsp3) is 0.480. The van der Waals surface area contributed by atoms with E-state index in [2.05, 4.69) is 26.3 Å². The van der Waals surface area contributed by atoms with Gasteiger partial charge in [-0.05, 0) is 87.1 Å². The molecule has 2 atom stereocenters. The summed E-state index contributed by atoms with van der Waals surface area (Å²) in [5.74, 6) is 0.657. The SMILES string of the molecule is COc1cc(NC(=O)c2ccc(-c3ccc(CNC(=O)C4CCC(NC(=O)CCCOC5CCC(OCCNC(=O)[C@H]6CC(=O)N(C)[C@@H]6c6cccnc6)CC5)CC4)cc3)o2)cc(OC)c1. The summed E-state index contributed by atoms with van der Waals surface area (Å²) in [7, 11) is 4.81. The minimum absolute atomic E-state index is 0.0154. The van der Waals surface area contributed by atoms with Crippen LogP contribution in [-0.4, -0.2) is 98.7 Å². The van der Waals surface area contributed by atoms with E-state index in [1.807, 2.05) is 36.4 Å². The second kappa shape index (κ2) is 23.3. The molecule has 2 aliphatic carbocycles. The van der Waals surface area contributed by atoms with Crippen LogP contribution in [0.15, 0.2) is 83.5 Å². The molecule has 4 aromatic rings. The first-order valence-corrected chi connectivity index (χ1v) is 23.0. The molecule has 352 valence electrons. The van der Waals surface area contributed by atoms with Crippen LogP contribution in [0.4, 0.5) is 5.69 Å². The lowest BCUT2D eigenvalue weighted by Crippen LogP contribution is -2.40. The first kappa shape index (κ1) is 47.7. The number of likely N-dealkylation sites (tertiary alicyclic amines) is 1. The van der Waals surface area contributed by atoms with Crippen molar-refractivity contribution in [2.24, 2.45) is 11.8 Å². The average Bonchev–Trinajstić information content (AvgIpc) is 3.96. The highest BCUT2D eigenvalue weighted by Gasteiger charge is 2.42. The van der Waals surface area contributed by atoms with E-state index in [1.165, 1.54) is 14.2 Å². The minimum atomic E-state index is -0.467. The summed E-state index contributed by atoms with van der Waals surface area (Å²) in [6.45, 7) is 1.70. The summed E-state index contributed by atoms with van der Waals surface area (Å²) in [6, 6.07) is 19.5. The number of hydrogen-bond donors (Lipinski definition) is 4. The Morgan fingerprint density at radius 1 is 0.803 bits per heavy atom. The van der Waals surface area contributed by atoms with E-state index in [0.29, 0.717) is 74.9 Å². The Balaban J connectivity index is 0.713. The van der Waals surface area contributed by atoms with E-state index in [4.69, 9.17) is 23.4 Å². The van der Waals surface area contributed by atoms with Crippen molar-refractivity contribution < 1.29 is 47.3 Å². The van der Waals surface area contributed by atoms with Crippen LogP contribution in [0.2, 0.25) is 0 Å². The van der Waals surface area contributed by atoms with E-state index < -0.39 is 11.8 Å². The maximum absolute atomic E-state index is 13.1. The number of aromatic nitrogens is 1. The van der Waals surface area contributed by atoms with Crippen molar-refractivity contribution in [3.63, 3.8) is 0 Å². The Bertz CT molecular complexity index is 2230. The molecule has 4 N–H and O–H groups in total. The van der Waals surface area contributed by atoms with E-state index in [-0.39, 0.29) is 66.0 Å². The van der Waals surface area contributed by atoms with Gasteiger partial charge in [-0.15, -0.1) is 0 Å². The predicted octanol–water partition coefficient (Wildman–Crippen LogP) is 6.36. The van der Waals surface area contributed by atoms with Gasteiger partial charge in [-0.1, -0.05) is 30.3 Å². The fourth-order valence-electron chi connectivity index (χ4n) is 9.10. The van der Waals surface area contributed by atoms with E-state index >= 15 is 0 Å². The summed E-state index contributed by atoms with van der Waals surface area (Å²) in [6.07, 6.45) is 11.3. The third-order valence-electron chi connectivity index (χ3n) is 12.8. The molecule has 5 amide bonds. The van der Waals surface area contributed by atoms with Crippen LogP contribution in [0.25, 0.3) is 11.3 Å². The Kier molecular flexibility index (Phi) is 16.8. The number of ether oxygens (including phenoxy) is 4. The van der Waals surface area contributed by atoms with Gasteiger partial charge in [0, 0.05) is 93.4 Å². The molecular weight excluding hydrogens is 845 g/mol. The highest BCUT2D eigenvalue weighted by atomic mass is 16.5. The van der Waals surface area contributed by atoms with Crippen LogP contribution in [0.5, 0.6) is 11.5 Å². The molecule has 1 aliphatic heterocycles. The molecule has 0 radical (unpaired) electrons. The van der Waals surface area contributed by atoms with Gasteiger partial charge >= 0.3 is 0 Å². The first-order valence-electron chi connectivity index (χ1n) is 23.0. The highest BCUT2D eigenvalue weighted by Crippen LogP contribution is 2.37. The van der Waals surface area contributed by atoms with Gasteiger partial charge in [0.25, 0.3) is 5.91 Å². The molecule has 3 fully saturated rings. The standard InChI is InChI=1S/C50H62N6O10/c1-56-46(58)29-42(47(56)35-6-4-22-51-31-35)49(60)52-23-25-65-39-18-16-38(17-19-39)64-24-5-7-45(57)54-36-14-12-34(13-15-36)48(59)53-30-32-8-10-33(11-9-32)43-20-21-44(66-43)50(61)55-37-26-40(62-2)28-41(27-37)63-3/h4,6,8-11,20-22,26-28,31,34,36,38-39,42,47H,5,7,12-19,23-25,29-30H2,1-3H3,(H,52,60)(H,53,59)(H,54,57)(H,55,61)/t34?,36?,38?,39?,42-,47+/m0/s1. The summed E-state index contributed by atoms with van der Waals surface area (Å²) >= 11 is 0. The van der Waals surface area contributed by atoms with Gasteiger partial charge in [-0.25, -0.2) is 0 Å². The molecule has 2 saturated carbocycles. The number of anilines is 1. The van der Waals surface area contributed by atoms with Gasteiger partial charge in [0.05, 0.1) is 45.0 Å². The number of pyridine rings is 1. The third-order valence-corrected chi connectivity index (χ3v) is 12.8. The van der Waals surface area contributed by atoms with Crippen LogP contribution in [-0.2, 0) is 35.2 Å². The summed E-state index contributed by atoms with van der Waals surface area (Å²) in [5.41, 5.74) is 3.10. The number of hydrogen-bond acceptors (Lipinski definition) is 11. The predicted molar refractivity (Wildman–Crippen MR) is 245 cm³/mol. The molecular formula is C50H62N6O10. The number of rotatable bonds is 20. The van der Waals surface area contributed by atoms with Gasteiger partial charge in [-0.3, -0.25) is 29.0 Å². The Labute approximate surface area is 385 Å². The van der Waals surface area contributed by atoms with E-state index in [1.54, 1.807) is 54.7 Å². The van der Waals surface area contributed by atoms with Crippen LogP contribution >= 0.6 is 0 Å². The van der Waals surface area contributed by atoms with E-state index in [0.717, 1.165) is 55.2 Å². The summed E-state index contributed by atoms with van der Waals surface area (Å²) < 4.78 is 28.6. The normalized spacial score (nSPS) is 21.7. The molecule has 66 heavy (non-hydrogen) atoms. The van der Waals surface area contributed by atoms with Gasteiger partial charge in [0.2, 0.25) is 23.6 Å². The Morgan fingerprint density at radius 3 is 2.17 bits per heavy atom. The van der Waals surface area contributed by atoms with E-state index in [9.17, 15) is 24.0 Å². The summed E-state index contributed by atoms with van der Waals surface area (Å²) in [5, 5.41) is 12.0. The van der Waals surface area contributed by atoms with Crippen LogP contribution in [0, 0.1) is 11.8 Å². The quantitative estimate of drug-likeness (QED) is 0.0720. The zero-order valence-electron chi connectivity index (χ0n) is 38.1. The van der Waals surface area contributed by atoms with Crippen molar-refractivity contribution in [2.75, 3.05) is 46.3 Å². The number of amides is 5. The van der Waals surface area contributed by atoms with Crippen molar-refractivity contribution in [1.29, 1.82) is 0 Å². The number of benzene rings is 2. The Morgan fingerprint density at radius 2 is 1.50 bits per heavy atom. The summed E-state index contributed by atoms with van der Waals surface area (Å²) in [4.78, 5) is 69.9. The lowest BCUT2D eigenvalue weighted by Gasteiger charge is -2.29. The number of nitrogens with one attached hydrogen (secondary N) is 4. The van der Waals surface area contributed by atoms with Crippen LogP contribution < -0.4 is 30.7 Å². The van der Waals surface area contributed by atoms with Gasteiger partial charge in [0.1, 0.15) is 17.3 Å². The molecule has 2 aromatic carbocycles. The highest BCUT2D eigenvalue weighted by molar-refractivity contribution is 6.02. The molecule has 16 heteroatoms. The number of nitrogens with zero attached hydrogens (tertiary/aromatic N) is 2. The fourth-order valence-corrected chi connectivity index (χ4v) is 9.10. The van der Waals surface area contributed by atoms with Crippen LogP contribution in [0.1, 0.15) is 98.4 Å². The van der Waals surface area contributed by atoms with Gasteiger partial charge < -0.3 is 49.5 Å². The molecule has 1 saturated heterocycles. The molecule has 16 nitrogen and oxygen atoms in total. The van der Waals surface area contributed by atoms with Crippen molar-refractivity contribution in [3.05, 3.63) is 96.0 Å². The van der Waals surface area contributed by atoms with Gasteiger partial charge in [0.15, 0.2) is 5.76 Å². The zero-order chi connectivity index (χ0) is 46.4. The lowest BCUT2D eigenvalue weighted by molar-refractivity contribution is -0.128. The van der Waals surface area contributed by atoms with Gasteiger partial charge in [-0.2, -0.15) is 0 Å². The molecule has 3 aliphatic rings. The molecule has 2 aromatic heterocycles. The Hall–Kier alpha value is -6.26. The monoisotopic (exact) mass is 906 g/mol. The molecule has 0 bridgehead atoms. The maximum Gasteiger partial charge on any atom is 0.291 e. The molecule has 3 heterocycles. The minimum Gasteiger partial charge on any atom is -0.497 e. The largest absolute Gasteiger partial charge is 0.497 e. The maximum atomic E-state index is 13.1. The third kappa shape index (κ3) is 13.0. The number of methoxy groups -OCH3 is 2.